The third-order valence-electron chi connectivity index (χ3n) is 9.81. The summed E-state index contributed by atoms with van der Waals surface area (Å²) in [5.41, 5.74) is 4.77. The number of aliphatic carboxylic acids is 1. The Labute approximate surface area is 268 Å². The van der Waals surface area contributed by atoms with Crippen LogP contribution >= 0.6 is 11.3 Å². The largest absolute Gasteiger partial charge is 0.481 e. The average molecular weight is 633 g/mol. The first-order valence-corrected chi connectivity index (χ1v) is 17.0. The number of benzene rings is 1. The minimum Gasteiger partial charge on any atom is -0.481 e. The fourth-order valence-electron chi connectivity index (χ4n) is 6.66. The lowest BCUT2D eigenvalue weighted by atomic mass is 9.71. The highest BCUT2D eigenvalue weighted by molar-refractivity contribution is 7.19. The summed E-state index contributed by atoms with van der Waals surface area (Å²) >= 11 is 1.32. The average Bonchev–Trinajstić information content (AvgIpc) is 3.42. The fourth-order valence-corrected chi connectivity index (χ4v) is 7.51. The molecule has 2 aliphatic heterocycles. The monoisotopic (exact) mass is 632 g/mol. The van der Waals surface area contributed by atoms with E-state index in [0.717, 1.165) is 54.0 Å². The van der Waals surface area contributed by atoms with Crippen LogP contribution < -0.4 is 16.0 Å². The number of pyridine rings is 1. The molecule has 2 aromatic heterocycles. The molecule has 3 aliphatic rings. The molecular formula is C34H44N6O4S. The molecule has 0 radical (unpaired) electrons. The molecule has 0 unspecified atom stereocenters. The smallest absolute Gasteiger partial charge is 0.306 e. The van der Waals surface area contributed by atoms with Crippen molar-refractivity contribution >= 4 is 39.5 Å². The van der Waals surface area contributed by atoms with E-state index in [1.807, 2.05) is 18.2 Å². The summed E-state index contributed by atoms with van der Waals surface area (Å²) in [6, 6.07) is 9.37. The number of nitrogens with zero attached hydrogens (tertiary/aromatic N) is 3. The van der Waals surface area contributed by atoms with Crippen LogP contribution in [0.4, 0.5) is 0 Å². The van der Waals surface area contributed by atoms with Gasteiger partial charge in [-0.05, 0) is 92.3 Å². The zero-order valence-corrected chi connectivity index (χ0v) is 27.2. The molecule has 0 spiro atoms. The number of hydrogen-bond donors (Lipinski definition) is 4. The first-order valence-electron chi connectivity index (χ1n) is 16.2. The Balaban J connectivity index is 1.20. The highest BCUT2D eigenvalue weighted by atomic mass is 32.1. The summed E-state index contributed by atoms with van der Waals surface area (Å²) in [7, 11) is 0. The Morgan fingerprint density at radius 3 is 2.56 bits per heavy atom. The van der Waals surface area contributed by atoms with E-state index in [1.165, 1.54) is 16.9 Å². The minimum absolute atomic E-state index is 0.126. The van der Waals surface area contributed by atoms with Crippen molar-refractivity contribution in [2.45, 2.75) is 71.4 Å². The topological polar surface area (TPSA) is 137 Å². The molecule has 0 bridgehead atoms. The third kappa shape index (κ3) is 7.37. The van der Waals surface area contributed by atoms with Crippen molar-refractivity contribution in [2.24, 2.45) is 17.3 Å². The van der Waals surface area contributed by atoms with Gasteiger partial charge in [-0.3, -0.25) is 14.4 Å². The van der Waals surface area contributed by atoms with Gasteiger partial charge in [-0.25, -0.2) is 9.97 Å². The maximum Gasteiger partial charge on any atom is 0.306 e. The van der Waals surface area contributed by atoms with Gasteiger partial charge in [-0.15, -0.1) is 0 Å². The highest BCUT2D eigenvalue weighted by Gasteiger charge is 2.31. The summed E-state index contributed by atoms with van der Waals surface area (Å²) in [6.45, 7) is 10.5. The van der Waals surface area contributed by atoms with Gasteiger partial charge in [0.25, 0.3) is 11.8 Å². The lowest BCUT2D eigenvalue weighted by Crippen LogP contribution is -2.56. The van der Waals surface area contributed by atoms with Gasteiger partial charge in [0.15, 0.2) is 5.01 Å². The summed E-state index contributed by atoms with van der Waals surface area (Å²) in [4.78, 5) is 50.8. The molecule has 240 valence electrons. The van der Waals surface area contributed by atoms with Gasteiger partial charge in [-0.2, -0.15) is 0 Å². The molecule has 2 fully saturated rings. The summed E-state index contributed by atoms with van der Waals surface area (Å²) in [6.07, 6.45) is 4.90. The summed E-state index contributed by atoms with van der Waals surface area (Å²) < 4.78 is 0. The van der Waals surface area contributed by atoms with Crippen LogP contribution in [0.15, 0.2) is 30.3 Å². The number of hydrogen-bond acceptors (Lipinski definition) is 8. The third-order valence-corrected chi connectivity index (χ3v) is 10.8. The van der Waals surface area contributed by atoms with Crippen LogP contribution in [0.1, 0.15) is 89.5 Å². The van der Waals surface area contributed by atoms with Crippen LogP contribution in [0.2, 0.25) is 0 Å². The summed E-state index contributed by atoms with van der Waals surface area (Å²) in [5.74, 6) is -0.819. The number of likely N-dealkylation sites (tertiary alicyclic amines) is 1. The second-order valence-electron chi connectivity index (χ2n) is 14.0. The van der Waals surface area contributed by atoms with E-state index >= 15 is 0 Å². The maximum atomic E-state index is 13.7. The molecule has 6 rings (SSSR count). The van der Waals surface area contributed by atoms with Crippen molar-refractivity contribution in [2.75, 3.05) is 32.7 Å². The Morgan fingerprint density at radius 1 is 1.09 bits per heavy atom. The molecule has 2 amide bonds. The first kappa shape index (κ1) is 31.6. The zero-order valence-electron chi connectivity index (χ0n) is 26.4. The van der Waals surface area contributed by atoms with E-state index < -0.39 is 5.97 Å². The normalized spacial score (nSPS) is 20.3. The molecule has 3 aromatic rings. The quantitative estimate of drug-likeness (QED) is 0.276. The maximum absolute atomic E-state index is 13.7. The molecule has 4 heterocycles. The zero-order chi connectivity index (χ0) is 31.7. The number of aryl methyl sites for hydroxylation is 1. The van der Waals surface area contributed by atoms with Crippen molar-refractivity contribution in [1.29, 1.82) is 0 Å². The van der Waals surface area contributed by atoms with Gasteiger partial charge in [0, 0.05) is 30.9 Å². The second kappa shape index (κ2) is 13.1. The molecule has 2 atom stereocenters. The van der Waals surface area contributed by atoms with Crippen LogP contribution in [-0.4, -0.2) is 76.5 Å². The molecule has 0 saturated carbocycles. The number of carbonyl (C=O) groups excluding carboxylic acids is 2. The molecule has 1 aliphatic carbocycles. The predicted octanol–water partition coefficient (Wildman–Crippen LogP) is 4.20. The number of carboxylic acid groups (broad SMARTS) is 1. The van der Waals surface area contributed by atoms with E-state index in [2.05, 4.69) is 47.7 Å². The number of piperidine rings is 1. The van der Waals surface area contributed by atoms with Crippen molar-refractivity contribution in [3.63, 3.8) is 0 Å². The van der Waals surface area contributed by atoms with Crippen molar-refractivity contribution in [3.8, 4) is 0 Å². The molecule has 4 N–H and O–H groups in total. The molecule has 2 saturated heterocycles. The first-order chi connectivity index (χ1) is 21.5. The number of aromatic nitrogens is 2. The lowest BCUT2D eigenvalue weighted by molar-refractivity contribution is -0.143. The van der Waals surface area contributed by atoms with E-state index in [9.17, 15) is 19.5 Å². The van der Waals surface area contributed by atoms with Crippen LogP contribution in [0, 0.1) is 17.3 Å². The van der Waals surface area contributed by atoms with Crippen molar-refractivity contribution in [1.82, 2.24) is 30.8 Å². The predicted molar refractivity (Wildman–Crippen MR) is 175 cm³/mol. The van der Waals surface area contributed by atoms with Gasteiger partial charge < -0.3 is 26.0 Å². The number of fused-ring (bicyclic) bond motifs is 2. The number of rotatable bonds is 9. The minimum atomic E-state index is -0.729. The number of nitrogens with one attached hydrogen (secondary N) is 3. The Hall–Kier alpha value is -3.41. The number of carbonyl (C=O) groups is 3. The van der Waals surface area contributed by atoms with Gasteiger partial charge >= 0.3 is 5.97 Å². The van der Waals surface area contributed by atoms with Crippen molar-refractivity contribution in [3.05, 3.63) is 57.7 Å². The number of carboxylic acids is 1. The van der Waals surface area contributed by atoms with E-state index in [4.69, 9.17) is 9.97 Å². The number of amides is 2. The van der Waals surface area contributed by atoms with Crippen LogP contribution in [0.25, 0.3) is 10.3 Å². The van der Waals surface area contributed by atoms with E-state index in [-0.39, 0.29) is 35.2 Å². The molecule has 11 heteroatoms. The SMILES string of the molecule is CC(C)(C)[C@H]1CCc2nc3sc(C(=O)N[C@H](CCN4CCC(C(=O)O)CC4)c4cccc(C(=O)NC5CNC5)c4)nc3cc2C1. The van der Waals surface area contributed by atoms with Gasteiger partial charge in [0.1, 0.15) is 10.3 Å². The lowest BCUT2D eigenvalue weighted by Gasteiger charge is -2.34. The molecular weight excluding hydrogens is 588 g/mol. The second-order valence-corrected chi connectivity index (χ2v) is 14.9. The molecule has 1 aromatic carbocycles. The fraction of sp³-hybridized carbons (Fsp3) is 0.559. The Morgan fingerprint density at radius 2 is 1.87 bits per heavy atom. The molecule has 45 heavy (non-hydrogen) atoms. The van der Waals surface area contributed by atoms with Crippen molar-refractivity contribution < 1.29 is 19.5 Å². The van der Waals surface area contributed by atoms with E-state index in [0.29, 0.717) is 55.4 Å². The Kier molecular flexibility index (Phi) is 9.22. The Bertz CT molecular complexity index is 1570. The standard InChI is InChI=1S/C34H44N6O4S/c1-34(2,3)24-7-8-26-23(16-24)17-28-31(38-26)45-32(39-28)30(42)37-27(11-14-40-12-9-20(10-13-40)33(43)44)21-5-4-6-22(15-21)29(41)36-25-18-35-19-25/h4-6,15,17,20,24-25,27,35H,7-14,16,18-19H2,1-3H3,(H,36,41)(H,37,42)(H,43,44)/t24-,27+/m0/s1. The summed E-state index contributed by atoms with van der Waals surface area (Å²) in [5, 5.41) is 19.2. The van der Waals surface area contributed by atoms with Crippen LogP contribution in [0.3, 0.4) is 0 Å². The van der Waals surface area contributed by atoms with Crippen LogP contribution in [-0.2, 0) is 17.6 Å². The number of thiazole rings is 1. The van der Waals surface area contributed by atoms with E-state index in [1.54, 1.807) is 6.07 Å². The van der Waals surface area contributed by atoms with Gasteiger partial charge in [-0.1, -0.05) is 44.2 Å². The van der Waals surface area contributed by atoms with Crippen LogP contribution in [0.5, 0.6) is 0 Å². The van der Waals surface area contributed by atoms with Gasteiger partial charge in [0.05, 0.1) is 18.0 Å². The highest BCUT2D eigenvalue weighted by Crippen LogP contribution is 2.38. The molecule has 10 nitrogen and oxygen atoms in total. The van der Waals surface area contributed by atoms with Gasteiger partial charge in [0.2, 0.25) is 0 Å².